The van der Waals surface area contributed by atoms with E-state index in [1.807, 2.05) is 37.3 Å². The van der Waals surface area contributed by atoms with Crippen LogP contribution >= 0.6 is 0 Å². The van der Waals surface area contributed by atoms with Crippen LogP contribution in [0.2, 0.25) is 0 Å². The minimum absolute atomic E-state index is 0.248. The number of sulfone groups is 1. The van der Waals surface area contributed by atoms with Crippen LogP contribution in [-0.4, -0.2) is 44.5 Å². The maximum Gasteiger partial charge on any atom is 0.152 e. The van der Waals surface area contributed by atoms with E-state index < -0.39 is 15.4 Å². The van der Waals surface area contributed by atoms with Crippen LogP contribution in [-0.2, 0) is 15.4 Å². The standard InChI is InChI=1S/C13H20N2O2S/c1-13(14,12-5-3-2-4-6-12)11-15-7-9-18(16,17)10-8-15/h2-6H,7-11,14H2,1H3. The van der Waals surface area contributed by atoms with Gasteiger partial charge in [0.15, 0.2) is 9.84 Å². The van der Waals surface area contributed by atoms with E-state index in [2.05, 4.69) is 4.90 Å². The van der Waals surface area contributed by atoms with Gasteiger partial charge in [-0.25, -0.2) is 8.42 Å². The molecule has 2 N–H and O–H groups in total. The van der Waals surface area contributed by atoms with Gasteiger partial charge in [-0.3, -0.25) is 4.90 Å². The summed E-state index contributed by atoms with van der Waals surface area (Å²) in [6.07, 6.45) is 0. The third-order valence-corrected chi connectivity index (χ3v) is 5.03. The average molecular weight is 268 g/mol. The maximum absolute atomic E-state index is 11.4. The number of nitrogens with zero attached hydrogens (tertiary/aromatic N) is 1. The van der Waals surface area contributed by atoms with Crippen molar-refractivity contribution in [2.45, 2.75) is 12.5 Å². The lowest BCUT2D eigenvalue weighted by atomic mass is 9.92. The predicted octanol–water partition coefficient (Wildman–Crippen LogP) is 0.591. The molecular weight excluding hydrogens is 248 g/mol. The van der Waals surface area contributed by atoms with Crippen molar-refractivity contribution >= 4 is 9.84 Å². The van der Waals surface area contributed by atoms with Crippen LogP contribution < -0.4 is 5.73 Å². The average Bonchev–Trinajstić information content (AvgIpc) is 2.33. The summed E-state index contributed by atoms with van der Waals surface area (Å²) >= 11 is 0. The summed E-state index contributed by atoms with van der Waals surface area (Å²) in [4.78, 5) is 2.13. The predicted molar refractivity (Wildman–Crippen MR) is 73.1 cm³/mol. The van der Waals surface area contributed by atoms with Crippen molar-refractivity contribution in [3.05, 3.63) is 35.9 Å². The first kappa shape index (κ1) is 13.5. The van der Waals surface area contributed by atoms with E-state index >= 15 is 0 Å². The summed E-state index contributed by atoms with van der Waals surface area (Å²) in [7, 11) is -2.82. The van der Waals surface area contributed by atoms with Crippen LogP contribution in [0, 0.1) is 0 Å². The highest BCUT2D eigenvalue weighted by atomic mass is 32.2. The molecule has 100 valence electrons. The molecule has 1 aliphatic rings. The van der Waals surface area contributed by atoms with Gasteiger partial charge in [0.1, 0.15) is 0 Å². The summed E-state index contributed by atoms with van der Waals surface area (Å²) < 4.78 is 22.7. The van der Waals surface area contributed by atoms with E-state index in [1.54, 1.807) is 0 Å². The van der Waals surface area contributed by atoms with Gasteiger partial charge in [-0.15, -0.1) is 0 Å². The number of hydrogen-bond acceptors (Lipinski definition) is 4. The van der Waals surface area contributed by atoms with Gasteiger partial charge in [0, 0.05) is 19.6 Å². The molecule has 0 bridgehead atoms. The topological polar surface area (TPSA) is 63.4 Å². The molecule has 2 rings (SSSR count). The molecule has 0 aromatic heterocycles. The van der Waals surface area contributed by atoms with E-state index in [1.165, 1.54) is 0 Å². The monoisotopic (exact) mass is 268 g/mol. The first-order valence-corrected chi connectivity index (χ1v) is 7.98. The molecule has 1 aliphatic heterocycles. The van der Waals surface area contributed by atoms with Crippen molar-refractivity contribution < 1.29 is 8.42 Å². The van der Waals surface area contributed by atoms with Crippen LogP contribution in [0.15, 0.2) is 30.3 Å². The Labute approximate surface area is 109 Å². The summed E-state index contributed by atoms with van der Waals surface area (Å²) in [5.41, 5.74) is 6.99. The van der Waals surface area contributed by atoms with Crippen molar-refractivity contribution in [1.29, 1.82) is 0 Å². The summed E-state index contributed by atoms with van der Waals surface area (Å²) in [6, 6.07) is 9.94. The first-order chi connectivity index (χ1) is 8.39. The second-order valence-corrected chi connectivity index (χ2v) is 7.52. The number of rotatable bonds is 3. The second-order valence-electron chi connectivity index (χ2n) is 5.21. The lowest BCUT2D eigenvalue weighted by Crippen LogP contribution is -2.50. The zero-order chi connectivity index (χ0) is 13.2. The molecule has 0 aliphatic carbocycles. The Hall–Kier alpha value is -0.910. The molecular formula is C13H20N2O2S. The lowest BCUT2D eigenvalue weighted by molar-refractivity contribution is 0.232. The quantitative estimate of drug-likeness (QED) is 0.871. The fourth-order valence-corrected chi connectivity index (χ4v) is 3.56. The fraction of sp³-hybridized carbons (Fsp3) is 0.538. The smallest absolute Gasteiger partial charge is 0.152 e. The van der Waals surface area contributed by atoms with Gasteiger partial charge in [0.2, 0.25) is 0 Å². The Morgan fingerprint density at radius 2 is 1.78 bits per heavy atom. The minimum Gasteiger partial charge on any atom is -0.321 e. The van der Waals surface area contributed by atoms with Crippen LogP contribution in [0.4, 0.5) is 0 Å². The molecule has 18 heavy (non-hydrogen) atoms. The van der Waals surface area contributed by atoms with Crippen LogP contribution in [0.1, 0.15) is 12.5 Å². The van der Waals surface area contributed by atoms with Gasteiger partial charge in [-0.2, -0.15) is 0 Å². The minimum atomic E-state index is -2.82. The molecule has 0 saturated carbocycles. The summed E-state index contributed by atoms with van der Waals surface area (Å²) in [5, 5.41) is 0. The van der Waals surface area contributed by atoms with Gasteiger partial charge in [-0.1, -0.05) is 30.3 Å². The maximum atomic E-state index is 11.4. The Morgan fingerprint density at radius 3 is 2.33 bits per heavy atom. The van der Waals surface area contributed by atoms with Gasteiger partial charge in [-0.05, 0) is 12.5 Å². The first-order valence-electron chi connectivity index (χ1n) is 6.16. The Morgan fingerprint density at radius 1 is 1.22 bits per heavy atom. The van der Waals surface area contributed by atoms with Crippen molar-refractivity contribution in [1.82, 2.24) is 4.90 Å². The number of benzene rings is 1. The molecule has 1 aromatic rings. The van der Waals surface area contributed by atoms with E-state index in [9.17, 15) is 8.42 Å². The Kier molecular flexibility index (Phi) is 3.75. The van der Waals surface area contributed by atoms with Gasteiger partial charge in [0.05, 0.1) is 17.0 Å². The Balaban J connectivity index is 2.01. The molecule has 5 heteroatoms. The summed E-state index contributed by atoms with van der Waals surface area (Å²) in [6.45, 7) is 3.85. The third kappa shape index (κ3) is 3.31. The second kappa shape index (κ2) is 4.99. The van der Waals surface area contributed by atoms with Crippen molar-refractivity contribution in [3.8, 4) is 0 Å². The normalized spacial score (nSPS) is 23.4. The highest BCUT2D eigenvalue weighted by molar-refractivity contribution is 7.91. The van der Waals surface area contributed by atoms with E-state index in [0.717, 1.165) is 5.56 Å². The molecule has 1 heterocycles. The molecule has 0 spiro atoms. The number of hydrogen-bond donors (Lipinski definition) is 1. The number of nitrogens with two attached hydrogens (primary N) is 1. The van der Waals surface area contributed by atoms with Crippen LogP contribution in [0.25, 0.3) is 0 Å². The molecule has 0 amide bonds. The molecule has 1 fully saturated rings. The largest absolute Gasteiger partial charge is 0.321 e. The Bertz CT molecular complexity index is 483. The molecule has 1 saturated heterocycles. The zero-order valence-electron chi connectivity index (χ0n) is 10.7. The van der Waals surface area contributed by atoms with Crippen molar-refractivity contribution in [2.75, 3.05) is 31.1 Å². The summed E-state index contributed by atoms with van der Waals surface area (Å²) in [5.74, 6) is 0.496. The lowest BCUT2D eigenvalue weighted by Gasteiger charge is -2.34. The molecule has 4 nitrogen and oxygen atoms in total. The zero-order valence-corrected chi connectivity index (χ0v) is 11.5. The SMILES string of the molecule is CC(N)(CN1CCS(=O)(=O)CC1)c1ccccc1. The van der Waals surface area contributed by atoms with Gasteiger partial charge in [0.25, 0.3) is 0 Å². The van der Waals surface area contributed by atoms with Crippen LogP contribution in [0.3, 0.4) is 0 Å². The van der Waals surface area contributed by atoms with Crippen LogP contribution in [0.5, 0.6) is 0 Å². The van der Waals surface area contributed by atoms with Gasteiger partial charge < -0.3 is 5.73 Å². The van der Waals surface area contributed by atoms with Crippen molar-refractivity contribution in [2.24, 2.45) is 5.73 Å². The van der Waals surface area contributed by atoms with Gasteiger partial charge >= 0.3 is 0 Å². The molecule has 0 radical (unpaired) electrons. The molecule has 1 aromatic carbocycles. The highest BCUT2D eigenvalue weighted by Crippen LogP contribution is 2.19. The third-order valence-electron chi connectivity index (χ3n) is 3.42. The molecule has 1 unspecified atom stereocenters. The van der Waals surface area contributed by atoms with Crippen molar-refractivity contribution in [3.63, 3.8) is 0 Å². The fourth-order valence-electron chi connectivity index (χ4n) is 2.28. The molecule has 1 atom stereocenters. The highest BCUT2D eigenvalue weighted by Gasteiger charge is 2.28. The van der Waals surface area contributed by atoms with E-state index in [0.29, 0.717) is 19.6 Å². The van der Waals surface area contributed by atoms with E-state index in [-0.39, 0.29) is 11.5 Å². The van der Waals surface area contributed by atoms with E-state index in [4.69, 9.17) is 5.73 Å².